The third kappa shape index (κ3) is 7.28. The van der Waals surface area contributed by atoms with Crippen LogP contribution in [0.2, 0.25) is 5.02 Å². The first kappa shape index (κ1) is 30.1. The van der Waals surface area contributed by atoms with Gasteiger partial charge in [-0.15, -0.1) is 0 Å². The maximum Gasteiger partial charge on any atom is 0.395 e. The molecule has 1 unspecified atom stereocenters. The number of rotatable bonds is 8. The molecule has 0 radical (unpaired) electrons. The van der Waals surface area contributed by atoms with Crippen molar-refractivity contribution < 1.29 is 32.2 Å². The molecular weight excluding hydrogens is 563 g/mol. The largest absolute Gasteiger partial charge is 0.491 e. The summed E-state index contributed by atoms with van der Waals surface area (Å²) in [7, 11) is 0. The van der Waals surface area contributed by atoms with Crippen molar-refractivity contribution >= 4 is 29.1 Å². The Morgan fingerprint density at radius 2 is 1.85 bits per heavy atom. The summed E-state index contributed by atoms with van der Waals surface area (Å²) >= 11 is 6.17. The standard InChI is InChI=1S/C29H29ClF3N3O5/c1-16(2)40-10-9-24(28(39)35-21-7-4-17(5-8-21)27(34)38)36-14-25-23(13-26(36)37)22-12-20(30)6-3-18(22)11-19(15-41-25)29(31,32)33/h3-8,12-14,16,19,24H,9-11,15H2,1-2H3,(H2,34,38)(H,35,39)/t19-,24?/m1/s1. The van der Waals surface area contributed by atoms with Crippen LogP contribution in [0, 0.1) is 5.92 Å². The molecule has 2 aromatic carbocycles. The van der Waals surface area contributed by atoms with E-state index in [2.05, 4.69) is 5.32 Å². The maximum atomic E-state index is 13.8. The molecule has 8 nitrogen and oxygen atoms in total. The average molecular weight is 592 g/mol. The molecule has 0 aliphatic carbocycles. The highest BCUT2D eigenvalue weighted by atomic mass is 35.5. The van der Waals surface area contributed by atoms with Crippen LogP contribution in [0.3, 0.4) is 0 Å². The van der Waals surface area contributed by atoms with Gasteiger partial charge in [-0.3, -0.25) is 19.0 Å². The van der Waals surface area contributed by atoms with Gasteiger partial charge in [0.15, 0.2) is 0 Å². The number of aromatic nitrogens is 1. The molecule has 1 aromatic heterocycles. The molecule has 2 heterocycles. The number of hydrogen-bond acceptors (Lipinski definition) is 5. The molecule has 218 valence electrons. The number of benzene rings is 2. The number of carbonyl (C=O) groups is 2. The van der Waals surface area contributed by atoms with Gasteiger partial charge in [0.05, 0.1) is 18.2 Å². The summed E-state index contributed by atoms with van der Waals surface area (Å²) in [6, 6.07) is 10.5. The fraction of sp³-hybridized carbons (Fsp3) is 0.345. The summed E-state index contributed by atoms with van der Waals surface area (Å²) in [4.78, 5) is 38.3. The van der Waals surface area contributed by atoms with Crippen LogP contribution < -0.4 is 21.3 Å². The lowest BCUT2D eigenvalue weighted by molar-refractivity contribution is -0.181. The van der Waals surface area contributed by atoms with Crippen LogP contribution in [0.4, 0.5) is 18.9 Å². The number of anilines is 1. The minimum atomic E-state index is -4.52. The number of primary amides is 1. The second-order valence-corrected chi connectivity index (χ2v) is 10.4. The number of alkyl halides is 3. The van der Waals surface area contributed by atoms with Crippen molar-refractivity contribution in [3.05, 3.63) is 81.2 Å². The highest BCUT2D eigenvalue weighted by molar-refractivity contribution is 6.30. The Kier molecular flexibility index (Phi) is 9.08. The van der Waals surface area contributed by atoms with Crippen molar-refractivity contribution in [2.24, 2.45) is 11.7 Å². The molecule has 3 N–H and O–H groups in total. The summed E-state index contributed by atoms with van der Waals surface area (Å²) in [6.45, 7) is 3.09. The SMILES string of the molecule is CC(C)OCCC(C(=O)Nc1ccc(C(N)=O)cc1)n1cc2c(cc1=O)-c1cc(Cl)ccc1C[C@@H](C(F)(F)F)CO2. The molecule has 12 heteroatoms. The van der Waals surface area contributed by atoms with Crippen molar-refractivity contribution in [2.75, 3.05) is 18.5 Å². The Morgan fingerprint density at radius 1 is 1.15 bits per heavy atom. The van der Waals surface area contributed by atoms with Gasteiger partial charge >= 0.3 is 6.18 Å². The molecule has 3 aromatic rings. The number of nitrogens with two attached hydrogens (primary N) is 1. The third-order valence-corrected chi connectivity index (χ3v) is 6.93. The second kappa shape index (κ2) is 12.4. The van der Waals surface area contributed by atoms with E-state index in [-0.39, 0.29) is 47.5 Å². The third-order valence-electron chi connectivity index (χ3n) is 6.69. The zero-order valence-electron chi connectivity index (χ0n) is 22.3. The molecule has 41 heavy (non-hydrogen) atoms. The van der Waals surface area contributed by atoms with Crippen LogP contribution in [0.25, 0.3) is 11.1 Å². The number of nitrogens with one attached hydrogen (secondary N) is 1. The van der Waals surface area contributed by atoms with Gasteiger partial charge in [0, 0.05) is 40.9 Å². The highest BCUT2D eigenvalue weighted by Gasteiger charge is 2.41. The van der Waals surface area contributed by atoms with E-state index in [4.69, 9.17) is 26.8 Å². The van der Waals surface area contributed by atoms with Crippen molar-refractivity contribution in [2.45, 2.75) is 45.0 Å². The fourth-order valence-corrected chi connectivity index (χ4v) is 4.73. The lowest BCUT2D eigenvalue weighted by Crippen LogP contribution is -2.35. The van der Waals surface area contributed by atoms with E-state index in [1.807, 2.05) is 13.8 Å². The van der Waals surface area contributed by atoms with Gasteiger partial charge in [-0.25, -0.2) is 0 Å². The van der Waals surface area contributed by atoms with Crippen LogP contribution in [-0.2, 0) is 16.0 Å². The number of halogens is 4. The Labute approximate surface area is 239 Å². The summed E-state index contributed by atoms with van der Waals surface area (Å²) in [6.07, 6.45) is -3.67. The first-order valence-electron chi connectivity index (χ1n) is 12.9. The van der Waals surface area contributed by atoms with Crippen LogP contribution >= 0.6 is 11.6 Å². The molecule has 0 saturated carbocycles. The Morgan fingerprint density at radius 3 is 2.49 bits per heavy atom. The van der Waals surface area contributed by atoms with Crippen LogP contribution in [0.5, 0.6) is 5.75 Å². The molecule has 0 saturated heterocycles. The Bertz CT molecular complexity index is 1490. The summed E-state index contributed by atoms with van der Waals surface area (Å²) in [5.41, 5.74) is 6.31. The maximum absolute atomic E-state index is 13.8. The van der Waals surface area contributed by atoms with Crippen molar-refractivity contribution in [3.63, 3.8) is 0 Å². The van der Waals surface area contributed by atoms with Crippen LogP contribution in [-0.4, -0.2) is 41.9 Å². The molecule has 0 bridgehead atoms. The van der Waals surface area contributed by atoms with Crippen molar-refractivity contribution in [1.29, 1.82) is 0 Å². The topological polar surface area (TPSA) is 113 Å². The number of pyridine rings is 1. The van der Waals surface area contributed by atoms with Gasteiger partial charge in [0.1, 0.15) is 18.4 Å². The molecule has 4 rings (SSSR count). The van der Waals surface area contributed by atoms with E-state index in [9.17, 15) is 27.6 Å². The van der Waals surface area contributed by atoms with E-state index in [0.717, 1.165) is 4.57 Å². The van der Waals surface area contributed by atoms with Crippen LogP contribution in [0.15, 0.2) is 59.5 Å². The van der Waals surface area contributed by atoms with E-state index in [1.165, 1.54) is 54.7 Å². The van der Waals surface area contributed by atoms with E-state index in [0.29, 0.717) is 16.8 Å². The monoisotopic (exact) mass is 591 g/mol. The van der Waals surface area contributed by atoms with E-state index >= 15 is 0 Å². The normalized spacial score (nSPS) is 15.6. The zero-order chi connectivity index (χ0) is 29.9. The predicted molar refractivity (Wildman–Crippen MR) is 148 cm³/mol. The number of carbonyl (C=O) groups excluding carboxylic acids is 2. The smallest absolute Gasteiger partial charge is 0.395 e. The van der Waals surface area contributed by atoms with Gasteiger partial charge in [-0.05, 0) is 67.8 Å². The quantitative estimate of drug-likeness (QED) is 0.365. The van der Waals surface area contributed by atoms with Gasteiger partial charge < -0.3 is 20.5 Å². The average Bonchev–Trinajstić information content (AvgIpc) is 2.88. The number of fused-ring (bicyclic) bond motifs is 3. The number of nitrogens with zero attached hydrogens (tertiary/aromatic N) is 1. The zero-order valence-corrected chi connectivity index (χ0v) is 23.1. The van der Waals surface area contributed by atoms with Crippen molar-refractivity contribution in [3.8, 4) is 16.9 Å². The first-order valence-corrected chi connectivity index (χ1v) is 13.3. The lowest BCUT2D eigenvalue weighted by atomic mass is 9.91. The molecule has 1 aliphatic heterocycles. The summed E-state index contributed by atoms with van der Waals surface area (Å²) in [5, 5.41) is 3.00. The highest BCUT2D eigenvalue weighted by Crippen LogP contribution is 2.40. The molecule has 0 fully saturated rings. The lowest BCUT2D eigenvalue weighted by Gasteiger charge is -2.27. The van der Waals surface area contributed by atoms with Crippen LogP contribution in [0.1, 0.15) is 42.2 Å². The molecule has 0 spiro atoms. The summed E-state index contributed by atoms with van der Waals surface area (Å²) < 4.78 is 53.8. The Hall–Kier alpha value is -3.83. The van der Waals surface area contributed by atoms with E-state index < -0.39 is 42.1 Å². The number of hydrogen-bond donors (Lipinski definition) is 2. The van der Waals surface area contributed by atoms with Gasteiger partial charge in [-0.2, -0.15) is 13.2 Å². The summed E-state index contributed by atoms with van der Waals surface area (Å²) in [5.74, 6) is -2.99. The fourth-order valence-electron chi connectivity index (χ4n) is 4.56. The van der Waals surface area contributed by atoms with Gasteiger partial charge in [0.2, 0.25) is 11.8 Å². The molecule has 1 aliphatic rings. The first-order chi connectivity index (χ1) is 19.3. The number of ether oxygens (including phenoxy) is 2. The second-order valence-electron chi connectivity index (χ2n) is 10.0. The van der Waals surface area contributed by atoms with Gasteiger partial charge in [0.25, 0.3) is 5.56 Å². The molecular formula is C29H29ClF3N3O5. The number of amides is 2. The predicted octanol–water partition coefficient (Wildman–Crippen LogP) is 5.38. The molecule has 2 atom stereocenters. The molecule has 2 amide bonds. The van der Waals surface area contributed by atoms with E-state index in [1.54, 1.807) is 0 Å². The Balaban J connectivity index is 1.75. The van der Waals surface area contributed by atoms with Crippen molar-refractivity contribution in [1.82, 2.24) is 4.57 Å². The van der Waals surface area contributed by atoms with Gasteiger partial charge in [-0.1, -0.05) is 17.7 Å². The minimum Gasteiger partial charge on any atom is -0.491 e. The minimum absolute atomic E-state index is 0.00968.